The third-order valence-electron chi connectivity index (χ3n) is 6.56. The molecule has 2 aromatic heterocycles. The van der Waals surface area contributed by atoms with Crippen LogP contribution in [0.1, 0.15) is 59.6 Å². The van der Waals surface area contributed by atoms with Gasteiger partial charge in [-0.2, -0.15) is 0 Å². The van der Waals surface area contributed by atoms with Crippen molar-refractivity contribution in [1.29, 1.82) is 0 Å². The third-order valence-corrected chi connectivity index (χ3v) is 6.56. The van der Waals surface area contributed by atoms with Gasteiger partial charge in [0.25, 0.3) is 0 Å². The first-order valence-electron chi connectivity index (χ1n) is 14.5. The fraction of sp³-hybridized carbons (Fsp3) is 0.533. The maximum Gasteiger partial charge on any atom is 0.317 e. The van der Waals surface area contributed by atoms with Crippen LogP contribution in [0.3, 0.4) is 0 Å². The second kappa shape index (κ2) is 18.6. The molecule has 14 nitrogen and oxygen atoms in total. The topological polar surface area (TPSA) is 211 Å². The van der Waals surface area contributed by atoms with Crippen LogP contribution in [0.25, 0.3) is 0 Å². The van der Waals surface area contributed by atoms with E-state index in [-0.39, 0.29) is 13.1 Å². The van der Waals surface area contributed by atoms with Gasteiger partial charge in [-0.3, -0.25) is 43.8 Å². The molecule has 0 aliphatic heterocycles. The highest BCUT2D eigenvalue weighted by Crippen LogP contribution is 2.16. The lowest BCUT2D eigenvalue weighted by Crippen LogP contribution is -2.34. The minimum Gasteiger partial charge on any atom is -0.480 e. The lowest BCUT2D eigenvalue weighted by Gasteiger charge is -2.24. The summed E-state index contributed by atoms with van der Waals surface area (Å²) in [6.45, 7) is 4.51. The van der Waals surface area contributed by atoms with Gasteiger partial charge >= 0.3 is 23.9 Å². The van der Waals surface area contributed by atoms with Crippen LogP contribution in [0.2, 0.25) is 0 Å². The molecule has 242 valence electrons. The lowest BCUT2D eigenvalue weighted by atomic mass is 10.1. The van der Waals surface area contributed by atoms with Crippen molar-refractivity contribution in [1.82, 2.24) is 24.7 Å². The van der Waals surface area contributed by atoms with Crippen LogP contribution in [0.15, 0.2) is 24.3 Å². The molecule has 0 saturated carbocycles. The number of hydrogen-bond acceptors (Lipinski definition) is 10. The number of carboxylic acids is 4. The summed E-state index contributed by atoms with van der Waals surface area (Å²) in [5.41, 5.74) is 10.1. The molecule has 0 unspecified atom stereocenters. The first-order valence-corrected chi connectivity index (χ1v) is 14.5. The predicted molar refractivity (Wildman–Crippen MR) is 161 cm³/mol. The van der Waals surface area contributed by atoms with E-state index in [1.807, 2.05) is 38.1 Å². The molecule has 0 saturated heterocycles. The Morgan fingerprint density at radius 2 is 0.886 bits per heavy atom. The molecule has 44 heavy (non-hydrogen) atoms. The molecule has 2 aromatic rings. The number of nitrogens with two attached hydrogens (primary N) is 1. The normalized spacial score (nSPS) is 11.4. The second-order valence-corrected chi connectivity index (χ2v) is 11.0. The number of carbonyl (C=O) groups is 4. The Morgan fingerprint density at radius 1 is 0.568 bits per heavy atom. The largest absolute Gasteiger partial charge is 0.480 e. The molecule has 0 aliphatic rings. The van der Waals surface area contributed by atoms with Crippen LogP contribution in [0, 0.1) is 13.8 Å². The molecule has 0 atom stereocenters. The van der Waals surface area contributed by atoms with Gasteiger partial charge in [0.1, 0.15) is 0 Å². The summed E-state index contributed by atoms with van der Waals surface area (Å²) >= 11 is 0. The Kier molecular flexibility index (Phi) is 15.3. The van der Waals surface area contributed by atoms with Gasteiger partial charge in [0.15, 0.2) is 0 Å². The highest BCUT2D eigenvalue weighted by atomic mass is 16.4. The summed E-state index contributed by atoms with van der Waals surface area (Å²) in [5.74, 6) is -4.50. The summed E-state index contributed by atoms with van der Waals surface area (Å²) < 4.78 is 0. The number of hydrogen-bond donors (Lipinski definition) is 5. The molecule has 0 amide bonds. The molecular weight excluding hydrogens is 572 g/mol. The monoisotopic (exact) mass is 616 g/mol. The lowest BCUT2D eigenvalue weighted by molar-refractivity contribution is -0.144. The fourth-order valence-electron chi connectivity index (χ4n) is 5.02. The molecule has 0 fully saturated rings. The van der Waals surface area contributed by atoms with Crippen LogP contribution in [-0.2, 0) is 45.4 Å². The Hall–Kier alpha value is -3.98. The van der Waals surface area contributed by atoms with Crippen molar-refractivity contribution in [3.05, 3.63) is 58.2 Å². The van der Waals surface area contributed by atoms with E-state index >= 15 is 0 Å². The summed E-state index contributed by atoms with van der Waals surface area (Å²) in [6, 6.07) is 7.50. The number of nitrogens with zero attached hydrogens (tertiary/aromatic N) is 5. The second-order valence-electron chi connectivity index (χ2n) is 11.0. The van der Waals surface area contributed by atoms with E-state index in [0.29, 0.717) is 31.0 Å². The Balaban J connectivity index is 2.29. The van der Waals surface area contributed by atoms with E-state index < -0.39 is 50.1 Å². The van der Waals surface area contributed by atoms with Crippen molar-refractivity contribution in [2.75, 3.05) is 39.3 Å². The highest BCUT2D eigenvalue weighted by Gasteiger charge is 2.18. The molecule has 0 aromatic carbocycles. The van der Waals surface area contributed by atoms with E-state index in [1.54, 1.807) is 0 Å². The van der Waals surface area contributed by atoms with Gasteiger partial charge in [0.2, 0.25) is 0 Å². The van der Waals surface area contributed by atoms with E-state index in [9.17, 15) is 39.6 Å². The van der Waals surface area contributed by atoms with Crippen LogP contribution >= 0.6 is 0 Å². The van der Waals surface area contributed by atoms with Crippen molar-refractivity contribution >= 4 is 23.9 Å². The first kappa shape index (κ1) is 36.2. The summed E-state index contributed by atoms with van der Waals surface area (Å²) in [6.07, 6.45) is 3.85. The smallest absolute Gasteiger partial charge is 0.317 e. The standard InChI is InChI=1S/C30H44N6O8/c1-21-9-23(32-25(11-21)15-35(17-27(37)38)18-28(39)40)13-34(8-6-4-3-5-7-31)14-24-10-22(2)12-26(33-24)16-36(19-29(41)42)20-30(43)44/h9-12H,3-8,13-20,31H2,1-2H3,(H,37,38)(H,39,40)(H,41,42)(H,43,44). The van der Waals surface area contributed by atoms with E-state index in [1.165, 1.54) is 9.80 Å². The third kappa shape index (κ3) is 15.0. The van der Waals surface area contributed by atoms with Crippen LogP contribution in [0.5, 0.6) is 0 Å². The average molecular weight is 617 g/mol. The number of carboxylic acid groups (broad SMARTS) is 4. The number of aromatic nitrogens is 2. The summed E-state index contributed by atoms with van der Waals surface area (Å²) in [7, 11) is 0. The van der Waals surface area contributed by atoms with Gasteiger partial charge in [-0.25, -0.2) is 0 Å². The first-order chi connectivity index (χ1) is 20.8. The maximum atomic E-state index is 11.3. The minimum absolute atomic E-state index is 0.0678. The van der Waals surface area contributed by atoms with Crippen molar-refractivity contribution in [2.24, 2.45) is 5.73 Å². The molecular formula is C30H44N6O8. The quantitative estimate of drug-likeness (QED) is 0.119. The molecule has 2 heterocycles. The maximum absolute atomic E-state index is 11.3. The summed E-state index contributed by atoms with van der Waals surface area (Å²) in [4.78, 5) is 59.4. The van der Waals surface area contributed by atoms with E-state index in [0.717, 1.165) is 54.7 Å². The number of aliphatic carboxylic acids is 4. The molecule has 6 N–H and O–H groups in total. The molecule has 14 heteroatoms. The van der Waals surface area contributed by atoms with Gasteiger partial charge in [-0.15, -0.1) is 0 Å². The van der Waals surface area contributed by atoms with Gasteiger partial charge in [0, 0.05) is 26.2 Å². The van der Waals surface area contributed by atoms with Crippen LogP contribution in [-0.4, -0.2) is 108 Å². The molecule has 2 rings (SSSR count). The van der Waals surface area contributed by atoms with Crippen molar-refractivity contribution < 1.29 is 39.6 Å². The molecule has 0 radical (unpaired) electrons. The number of unbranched alkanes of at least 4 members (excludes halogenated alkanes) is 3. The zero-order chi connectivity index (χ0) is 32.6. The number of rotatable bonds is 22. The highest BCUT2D eigenvalue weighted by molar-refractivity contribution is 5.73. The molecule has 0 bridgehead atoms. The molecule has 0 aliphatic carbocycles. The Morgan fingerprint density at radius 3 is 1.20 bits per heavy atom. The van der Waals surface area contributed by atoms with Crippen LogP contribution < -0.4 is 5.73 Å². The van der Waals surface area contributed by atoms with Gasteiger partial charge in [-0.1, -0.05) is 12.8 Å². The zero-order valence-corrected chi connectivity index (χ0v) is 25.4. The minimum atomic E-state index is -1.13. The predicted octanol–water partition coefficient (Wildman–Crippen LogP) is 1.56. The number of aryl methyl sites for hydroxylation is 2. The van der Waals surface area contributed by atoms with E-state index in [2.05, 4.69) is 4.90 Å². The van der Waals surface area contributed by atoms with Crippen molar-refractivity contribution in [3.63, 3.8) is 0 Å². The summed E-state index contributed by atoms with van der Waals surface area (Å²) in [5, 5.41) is 36.9. The fourth-order valence-corrected chi connectivity index (χ4v) is 5.02. The van der Waals surface area contributed by atoms with Crippen molar-refractivity contribution in [2.45, 2.75) is 65.7 Å². The van der Waals surface area contributed by atoms with Crippen molar-refractivity contribution in [3.8, 4) is 0 Å². The van der Waals surface area contributed by atoms with Gasteiger partial charge in [-0.05, 0) is 75.2 Å². The van der Waals surface area contributed by atoms with E-state index in [4.69, 9.17) is 15.7 Å². The van der Waals surface area contributed by atoms with Gasteiger partial charge in [0.05, 0.1) is 49.0 Å². The zero-order valence-electron chi connectivity index (χ0n) is 25.4. The number of pyridine rings is 2. The average Bonchev–Trinajstić information content (AvgIpc) is 2.86. The van der Waals surface area contributed by atoms with Crippen LogP contribution in [0.4, 0.5) is 0 Å². The Labute approximate surface area is 257 Å². The Bertz CT molecular complexity index is 1150. The van der Waals surface area contributed by atoms with Gasteiger partial charge < -0.3 is 26.2 Å². The molecule has 0 spiro atoms. The SMILES string of the molecule is Cc1cc(CN(CC(=O)O)CC(=O)O)nc(CN(CCCCCCN)Cc2cc(C)cc(CN(CC(=O)O)CC(=O)O)n2)c1.